The Morgan fingerprint density at radius 1 is 1.30 bits per heavy atom. The molecule has 0 atom stereocenters. The lowest BCUT2D eigenvalue weighted by Gasteiger charge is -2.01. The Bertz CT molecular complexity index is 1060. The fourth-order valence-electron chi connectivity index (χ4n) is 3.04. The second kappa shape index (κ2) is 6.94. The number of aryl methyl sites for hydroxylation is 1. The molecule has 3 rings (SSSR count). The minimum absolute atomic E-state index is 0.0609. The Balaban J connectivity index is 1.83. The van der Waals surface area contributed by atoms with Gasteiger partial charge in [0.15, 0.2) is 11.6 Å². The third kappa shape index (κ3) is 3.52. The van der Waals surface area contributed by atoms with Gasteiger partial charge in [0, 0.05) is 29.0 Å². The number of aromatic amines is 1. The number of nitrogens with zero attached hydrogens (tertiary/aromatic N) is 4. The molecule has 0 bridgehead atoms. The highest BCUT2D eigenvalue weighted by Crippen LogP contribution is 2.21. The number of carbonyl (C=O) groups excluding carboxylic acids is 2. The van der Waals surface area contributed by atoms with Crippen LogP contribution in [0.3, 0.4) is 0 Å². The van der Waals surface area contributed by atoms with Crippen LogP contribution in [-0.4, -0.2) is 36.2 Å². The van der Waals surface area contributed by atoms with E-state index in [0.29, 0.717) is 28.1 Å². The molecular weight excluding hydrogens is 350 g/mol. The molecule has 1 N–H and O–H groups in total. The standard InChI is InChI=1S/C18H17N5O4/c1-10-16(12(3)24)11(2)20-17(10)15(25)8-22-9-19-18(21-22)13-5-4-6-14(7-13)23(26)27/h4-7,9,20H,8H2,1-3H3. The van der Waals surface area contributed by atoms with E-state index >= 15 is 0 Å². The predicted octanol–water partition coefficient (Wildman–Crippen LogP) is 2.88. The van der Waals surface area contributed by atoms with Crippen LogP contribution in [0.1, 0.15) is 39.0 Å². The number of nitrogens with one attached hydrogen (secondary N) is 1. The lowest BCUT2D eigenvalue weighted by atomic mass is 10.1. The van der Waals surface area contributed by atoms with Crippen LogP contribution in [-0.2, 0) is 6.54 Å². The Kier molecular flexibility index (Phi) is 4.68. The number of carbonyl (C=O) groups is 2. The first-order valence-corrected chi connectivity index (χ1v) is 8.15. The van der Waals surface area contributed by atoms with Crippen LogP contribution in [0.25, 0.3) is 11.4 Å². The fourth-order valence-corrected chi connectivity index (χ4v) is 3.04. The number of ketones is 2. The smallest absolute Gasteiger partial charge is 0.270 e. The molecule has 0 radical (unpaired) electrons. The van der Waals surface area contributed by atoms with Crippen LogP contribution in [0.2, 0.25) is 0 Å². The van der Waals surface area contributed by atoms with Crippen LogP contribution < -0.4 is 0 Å². The highest BCUT2D eigenvalue weighted by Gasteiger charge is 2.20. The Morgan fingerprint density at radius 3 is 2.67 bits per heavy atom. The topological polar surface area (TPSA) is 124 Å². The average Bonchev–Trinajstić information content (AvgIpc) is 3.19. The minimum Gasteiger partial charge on any atom is -0.355 e. The zero-order valence-corrected chi connectivity index (χ0v) is 15.0. The van der Waals surface area contributed by atoms with E-state index < -0.39 is 4.92 Å². The molecule has 0 amide bonds. The summed E-state index contributed by atoms with van der Waals surface area (Å²) in [6.45, 7) is 4.86. The van der Waals surface area contributed by atoms with Gasteiger partial charge < -0.3 is 4.98 Å². The quantitative estimate of drug-likeness (QED) is 0.406. The van der Waals surface area contributed by atoms with Gasteiger partial charge in [-0.1, -0.05) is 12.1 Å². The molecule has 9 nitrogen and oxygen atoms in total. The van der Waals surface area contributed by atoms with Gasteiger partial charge in [0.25, 0.3) is 5.69 Å². The largest absolute Gasteiger partial charge is 0.355 e. The molecule has 0 aliphatic heterocycles. The first kappa shape index (κ1) is 18.2. The Morgan fingerprint density at radius 2 is 2.04 bits per heavy atom. The van der Waals surface area contributed by atoms with Crippen molar-refractivity contribution >= 4 is 17.3 Å². The molecule has 2 heterocycles. The summed E-state index contributed by atoms with van der Waals surface area (Å²) in [7, 11) is 0. The van der Waals surface area contributed by atoms with Gasteiger partial charge in [0.1, 0.15) is 12.9 Å². The Labute approximate surface area is 154 Å². The molecule has 9 heteroatoms. The second-order valence-electron chi connectivity index (χ2n) is 6.18. The summed E-state index contributed by atoms with van der Waals surface area (Å²) in [5.74, 6) is -0.0529. The van der Waals surface area contributed by atoms with Gasteiger partial charge in [-0.3, -0.25) is 19.7 Å². The number of Topliss-reactive ketones (excluding diaryl/α,β-unsaturated/α-hetero) is 2. The van der Waals surface area contributed by atoms with E-state index in [2.05, 4.69) is 15.1 Å². The summed E-state index contributed by atoms with van der Waals surface area (Å²) >= 11 is 0. The van der Waals surface area contributed by atoms with E-state index in [9.17, 15) is 19.7 Å². The van der Waals surface area contributed by atoms with Crippen molar-refractivity contribution in [3.05, 3.63) is 63.2 Å². The molecule has 0 saturated carbocycles. The van der Waals surface area contributed by atoms with Crippen molar-refractivity contribution in [3.63, 3.8) is 0 Å². The third-order valence-corrected chi connectivity index (χ3v) is 4.23. The van der Waals surface area contributed by atoms with E-state index in [1.54, 1.807) is 26.0 Å². The van der Waals surface area contributed by atoms with E-state index in [-0.39, 0.29) is 29.6 Å². The number of hydrogen-bond donors (Lipinski definition) is 1. The molecule has 0 fully saturated rings. The van der Waals surface area contributed by atoms with Crippen molar-refractivity contribution in [2.45, 2.75) is 27.3 Å². The highest BCUT2D eigenvalue weighted by molar-refractivity contribution is 6.03. The maximum Gasteiger partial charge on any atom is 0.270 e. The Hall–Kier alpha value is -3.62. The maximum atomic E-state index is 12.6. The van der Waals surface area contributed by atoms with Gasteiger partial charge in [0.2, 0.25) is 5.78 Å². The van der Waals surface area contributed by atoms with Gasteiger partial charge in [-0.15, -0.1) is 0 Å². The second-order valence-corrected chi connectivity index (χ2v) is 6.18. The van der Waals surface area contributed by atoms with Crippen molar-refractivity contribution in [1.82, 2.24) is 19.7 Å². The molecule has 138 valence electrons. The van der Waals surface area contributed by atoms with Crippen molar-refractivity contribution in [2.75, 3.05) is 0 Å². The van der Waals surface area contributed by atoms with Crippen molar-refractivity contribution < 1.29 is 14.5 Å². The van der Waals surface area contributed by atoms with Crippen LogP contribution in [0, 0.1) is 24.0 Å². The first-order valence-electron chi connectivity index (χ1n) is 8.15. The molecule has 0 saturated heterocycles. The van der Waals surface area contributed by atoms with Gasteiger partial charge >= 0.3 is 0 Å². The van der Waals surface area contributed by atoms with Crippen LogP contribution in [0.4, 0.5) is 5.69 Å². The molecule has 0 unspecified atom stereocenters. The van der Waals surface area contributed by atoms with Gasteiger partial charge in [-0.05, 0) is 26.3 Å². The molecular formula is C18H17N5O4. The minimum atomic E-state index is -0.493. The number of hydrogen-bond acceptors (Lipinski definition) is 6. The molecule has 0 spiro atoms. The van der Waals surface area contributed by atoms with Crippen LogP contribution in [0.15, 0.2) is 30.6 Å². The SMILES string of the molecule is CC(=O)c1c(C)[nH]c(C(=O)Cn2cnc(-c3cccc([N+](=O)[O-])c3)n2)c1C. The maximum absolute atomic E-state index is 12.6. The number of rotatable bonds is 6. The van der Waals surface area contributed by atoms with Crippen molar-refractivity contribution in [3.8, 4) is 11.4 Å². The van der Waals surface area contributed by atoms with Crippen molar-refractivity contribution in [1.29, 1.82) is 0 Å². The first-order chi connectivity index (χ1) is 12.8. The van der Waals surface area contributed by atoms with E-state index in [4.69, 9.17) is 0 Å². The average molecular weight is 367 g/mol. The fraction of sp³-hybridized carbons (Fsp3) is 0.222. The summed E-state index contributed by atoms with van der Waals surface area (Å²) in [6.07, 6.45) is 1.39. The predicted molar refractivity (Wildman–Crippen MR) is 96.7 cm³/mol. The summed E-state index contributed by atoms with van der Waals surface area (Å²) in [6, 6.07) is 5.96. The highest BCUT2D eigenvalue weighted by atomic mass is 16.6. The lowest BCUT2D eigenvalue weighted by Crippen LogP contribution is -2.12. The third-order valence-electron chi connectivity index (χ3n) is 4.23. The number of H-pyrrole nitrogens is 1. The summed E-state index contributed by atoms with van der Waals surface area (Å²) in [5.41, 5.74) is 2.58. The number of non-ortho nitro benzene ring substituents is 1. The summed E-state index contributed by atoms with van der Waals surface area (Å²) < 4.78 is 1.36. The molecule has 0 aliphatic carbocycles. The van der Waals surface area contributed by atoms with Crippen molar-refractivity contribution in [2.24, 2.45) is 0 Å². The summed E-state index contributed by atoms with van der Waals surface area (Å²) in [4.78, 5) is 41.8. The summed E-state index contributed by atoms with van der Waals surface area (Å²) in [5, 5.41) is 15.1. The van der Waals surface area contributed by atoms with E-state index in [1.807, 2.05) is 0 Å². The number of nitro groups is 1. The molecule has 1 aromatic carbocycles. The number of nitro benzene ring substituents is 1. The zero-order chi connectivity index (χ0) is 19.7. The van der Waals surface area contributed by atoms with Gasteiger partial charge in [0.05, 0.1) is 10.6 Å². The van der Waals surface area contributed by atoms with Gasteiger partial charge in [-0.25, -0.2) is 9.67 Å². The van der Waals surface area contributed by atoms with Crippen LogP contribution in [0.5, 0.6) is 0 Å². The normalized spacial score (nSPS) is 10.8. The number of aromatic nitrogens is 4. The monoisotopic (exact) mass is 367 g/mol. The van der Waals surface area contributed by atoms with E-state index in [0.717, 1.165) is 0 Å². The molecule has 2 aromatic heterocycles. The molecule has 27 heavy (non-hydrogen) atoms. The zero-order valence-electron chi connectivity index (χ0n) is 15.0. The van der Waals surface area contributed by atoms with Gasteiger partial charge in [-0.2, -0.15) is 5.10 Å². The van der Waals surface area contributed by atoms with Crippen LogP contribution >= 0.6 is 0 Å². The van der Waals surface area contributed by atoms with E-state index in [1.165, 1.54) is 30.1 Å². The molecule has 3 aromatic rings. The molecule has 0 aliphatic rings. The number of benzene rings is 1. The lowest BCUT2D eigenvalue weighted by molar-refractivity contribution is -0.384.